The van der Waals surface area contributed by atoms with Gasteiger partial charge in [-0.3, -0.25) is 0 Å². The third-order valence-corrected chi connectivity index (χ3v) is 3.94. The van der Waals surface area contributed by atoms with Crippen LogP contribution in [-0.2, 0) is 0 Å². The molecule has 0 atom stereocenters. The summed E-state index contributed by atoms with van der Waals surface area (Å²) < 4.78 is 16.4. The van der Waals surface area contributed by atoms with Gasteiger partial charge < -0.3 is 9.55 Å². The number of aromatic amines is 1. The minimum Gasteiger partial charge on any atom is -0.328 e. The van der Waals surface area contributed by atoms with Gasteiger partial charge >= 0.3 is 0 Å². The van der Waals surface area contributed by atoms with E-state index in [1.54, 1.807) is 6.07 Å². The molecule has 1 aromatic carbocycles. The molecule has 1 aliphatic rings. The molecule has 1 fully saturated rings. The smallest absolute Gasteiger partial charge is 0.178 e. The van der Waals surface area contributed by atoms with E-state index in [0.29, 0.717) is 16.3 Å². The fraction of sp³-hybridized carbons (Fsp3) is 0.462. The number of hydrogen-bond donors (Lipinski definition) is 1. The first kappa shape index (κ1) is 11.0. The molecule has 2 nitrogen and oxygen atoms in total. The van der Waals surface area contributed by atoms with E-state index in [4.69, 9.17) is 12.2 Å². The lowest BCUT2D eigenvalue weighted by Crippen LogP contribution is -2.12. The van der Waals surface area contributed by atoms with Gasteiger partial charge in [-0.2, -0.15) is 0 Å². The summed E-state index contributed by atoms with van der Waals surface area (Å²) in [6, 6.07) is 5.60. The molecular formula is C13H15FN2S. The Morgan fingerprint density at radius 1 is 1.24 bits per heavy atom. The Morgan fingerprint density at radius 3 is 2.76 bits per heavy atom. The zero-order valence-electron chi connectivity index (χ0n) is 9.58. The van der Waals surface area contributed by atoms with Crippen LogP contribution in [0.3, 0.4) is 0 Å². The number of nitrogens with one attached hydrogen (secondary N) is 1. The van der Waals surface area contributed by atoms with Gasteiger partial charge in [-0.25, -0.2) is 4.39 Å². The number of imidazole rings is 1. The molecule has 90 valence electrons. The van der Waals surface area contributed by atoms with E-state index in [-0.39, 0.29) is 5.82 Å². The lowest BCUT2D eigenvalue weighted by Gasteiger charge is -2.23. The monoisotopic (exact) mass is 250 g/mol. The first-order valence-corrected chi connectivity index (χ1v) is 6.57. The molecule has 17 heavy (non-hydrogen) atoms. The van der Waals surface area contributed by atoms with E-state index < -0.39 is 0 Å². The summed E-state index contributed by atoms with van der Waals surface area (Å²) in [4.78, 5) is 3.00. The van der Waals surface area contributed by atoms with E-state index >= 15 is 0 Å². The molecule has 1 N–H and O–H groups in total. The number of hydrogen-bond acceptors (Lipinski definition) is 1. The standard InChI is InChI=1S/C13H15FN2S/c14-10-7-4-8-11-12(10)15-13(17)16(11)9-5-2-1-3-6-9/h4,7-9H,1-3,5-6H2,(H,15,17). The van der Waals surface area contributed by atoms with Crippen molar-refractivity contribution in [3.05, 3.63) is 28.8 Å². The topological polar surface area (TPSA) is 20.7 Å². The van der Waals surface area contributed by atoms with Crippen molar-refractivity contribution >= 4 is 23.3 Å². The second-order valence-corrected chi connectivity index (χ2v) is 5.11. The summed E-state index contributed by atoms with van der Waals surface area (Å²) in [5.74, 6) is -0.219. The number of rotatable bonds is 1. The molecule has 0 aliphatic heterocycles. The summed E-state index contributed by atoms with van der Waals surface area (Å²) >= 11 is 5.33. The van der Waals surface area contributed by atoms with Gasteiger partial charge in [0.25, 0.3) is 0 Å². The van der Waals surface area contributed by atoms with Crippen LogP contribution in [-0.4, -0.2) is 9.55 Å². The van der Waals surface area contributed by atoms with Crippen LogP contribution in [0.5, 0.6) is 0 Å². The van der Waals surface area contributed by atoms with Crippen LogP contribution >= 0.6 is 12.2 Å². The summed E-state index contributed by atoms with van der Waals surface area (Å²) in [5.41, 5.74) is 1.45. The molecule has 0 unspecified atom stereocenters. The number of fused-ring (bicyclic) bond motifs is 1. The molecule has 2 aromatic rings. The van der Waals surface area contributed by atoms with Gasteiger partial charge in [-0.1, -0.05) is 25.3 Å². The quantitative estimate of drug-likeness (QED) is 0.746. The summed E-state index contributed by atoms with van der Waals surface area (Å²) in [6.45, 7) is 0. The summed E-state index contributed by atoms with van der Waals surface area (Å²) in [6.07, 6.45) is 6.10. The molecule has 1 aromatic heterocycles. The Hall–Kier alpha value is -1.16. The highest BCUT2D eigenvalue weighted by Crippen LogP contribution is 2.31. The predicted molar refractivity (Wildman–Crippen MR) is 69.2 cm³/mol. The first-order chi connectivity index (χ1) is 8.27. The van der Waals surface area contributed by atoms with Gasteiger partial charge in [0.2, 0.25) is 0 Å². The molecule has 0 amide bonds. The van der Waals surface area contributed by atoms with Gasteiger partial charge in [0.05, 0.1) is 5.52 Å². The van der Waals surface area contributed by atoms with Crippen molar-refractivity contribution < 1.29 is 4.39 Å². The Balaban J connectivity index is 2.18. The average Bonchev–Trinajstić information content (AvgIpc) is 2.68. The molecule has 1 heterocycles. The van der Waals surface area contributed by atoms with Crippen LogP contribution in [0.1, 0.15) is 38.1 Å². The van der Waals surface area contributed by atoms with Crippen LogP contribution < -0.4 is 0 Å². The number of nitrogens with zero attached hydrogens (tertiary/aromatic N) is 1. The SMILES string of the molecule is Fc1cccc2c1[nH]c(=S)n2C1CCCCC1. The van der Waals surface area contributed by atoms with E-state index in [1.165, 1.54) is 25.3 Å². The third-order valence-electron chi connectivity index (χ3n) is 3.64. The lowest BCUT2D eigenvalue weighted by atomic mass is 9.95. The van der Waals surface area contributed by atoms with Crippen molar-refractivity contribution in [2.24, 2.45) is 0 Å². The Kier molecular flexibility index (Phi) is 2.74. The molecule has 0 saturated heterocycles. The van der Waals surface area contributed by atoms with Crippen LogP contribution in [0.15, 0.2) is 18.2 Å². The molecule has 4 heteroatoms. The fourth-order valence-electron chi connectivity index (χ4n) is 2.82. The van der Waals surface area contributed by atoms with Crippen LogP contribution in [0.25, 0.3) is 11.0 Å². The van der Waals surface area contributed by atoms with Gasteiger partial charge in [0.15, 0.2) is 4.77 Å². The minimum absolute atomic E-state index is 0.219. The van der Waals surface area contributed by atoms with Crippen LogP contribution in [0, 0.1) is 10.6 Å². The van der Waals surface area contributed by atoms with E-state index in [1.807, 2.05) is 6.07 Å². The normalized spacial score (nSPS) is 17.7. The van der Waals surface area contributed by atoms with Gasteiger partial charge in [0, 0.05) is 6.04 Å². The zero-order valence-corrected chi connectivity index (χ0v) is 10.4. The predicted octanol–water partition coefficient (Wildman–Crippen LogP) is 4.34. The van der Waals surface area contributed by atoms with Crippen LogP contribution in [0.2, 0.25) is 0 Å². The van der Waals surface area contributed by atoms with Gasteiger partial charge in [-0.05, 0) is 37.2 Å². The number of H-pyrrole nitrogens is 1. The molecular weight excluding hydrogens is 235 g/mol. The maximum Gasteiger partial charge on any atom is 0.178 e. The average molecular weight is 250 g/mol. The largest absolute Gasteiger partial charge is 0.328 e. The molecule has 0 spiro atoms. The molecule has 0 bridgehead atoms. The first-order valence-electron chi connectivity index (χ1n) is 6.16. The molecule has 1 aliphatic carbocycles. The fourth-order valence-corrected chi connectivity index (χ4v) is 3.17. The summed E-state index contributed by atoms with van der Waals surface area (Å²) in [7, 11) is 0. The highest BCUT2D eigenvalue weighted by Gasteiger charge is 2.19. The molecule has 1 saturated carbocycles. The Morgan fingerprint density at radius 2 is 2.00 bits per heavy atom. The van der Waals surface area contributed by atoms with Gasteiger partial charge in [0.1, 0.15) is 11.3 Å². The summed E-state index contributed by atoms with van der Waals surface area (Å²) in [5, 5.41) is 0. The van der Waals surface area contributed by atoms with Crippen molar-refractivity contribution in [3.63, 3.8) is 0 Å². The van der Waals surface area contributed by atoms with Gasteiger partial charge in [-0.15, -0.1) is 0 Å². The number of para-hydroxylation sites is 1. The second-order valence-electron chi connectivity index (χ2n) is 4.73. The van der Waals surface area contributed by atoms with Crippen LogP contribution in [0.4, 0.5) is 4.39 Å². The maximum absolute atomic E-state index is 13.7. The van der Waals surface area contributed by atoms with E-state index in [9.17, 15) is 4.39 Å². The van der Waals surface area contributed by atoms with E-state index in [2.05, 4.69) is 9.55 Å². The Bertz CT molecular complexity index is 593. The highest BCUT2D eigenvalue weighted by atomic mass is 32.1. The third kappa shape index (κ3) is 1.80. The number of halogens is 1. The van der Waals surface area contributed by atoms with Crippen molar-refractivity contribution in [3.8, 4) is 0 Å². The highest BCUT2D eigenvalue weighted by molar-refractivity contribution is 7.71. The number of aromatic nitrogens is 2. The lowest BCUT2D eigenvalue weighted by molar-refractivity contribution is 0.357. The molecule has 3 rings (SSSR count). The van der Waals surface area contributed by atoms with Crippen molar-refractivity contribution in [2.45, 2.75) is 38.1 Å². The Labute approximate surface area is 104 Å². The van der Waals surface area contributed by atoms with Crippen molar-refractivity contribution in [2.75, 3.05) is 0 Å². The number of benzene rings is 1. The second kappa shape index (κ2) is 4.26. The minimum atomic E-state index is -0.219. The molecule has 0 radical (unpaired) electrons. The van der Waals surface area contributed by atoms with Crippen molar-refractivity contribution in [1.29, 1.82) is 0 Å². The van der Waals surface area contributed by atoms with E-state index in [0.717, 1.165) is 18.4 Å². The van der Waals surface area contributed by atoms with Crippen molar-refractivity contribution in [1.82, 2.24) is 9.55 Å². The maximum atomic E-state index is 13.7. The zero-order chi connectivity index (χ0) is 11.8.